The average molecular weight is 269 g/mol. The Morgan fingerprint density at radius 2 is 2.17 bits per heavy atom. The molecule has 0 amide bonds. The van der Waals surface area contributed by atoms with Gasteiger partial charge in [-0.2, -0.15) is 4.31 Å². The molecule has 0 bridgehead atoms. The van der Waals surface area contributed by atoms with E-state index in [-0.39, 0.29) is 6.04 Å². The van der Waals surface area contributed by atoms with Crippen LogP contribution in [-0.4, -0.2) is 44.9 Å². The van der Waals surface area contributed by atoms with Crippen LogP contribution >= 0.6 is 0 Å². The second-order valence-electron chi connectivity index (χ2n) is 4.47. The van der Waals surface area contributed by atoms with Crippen molar-refractivity contribution in [1.29, 1.82) is 0 Å². The third kappa shape index (κ3) is 2.42. The molecule has 1 aromatic carbocycles. The van der Waals surface area contributed by atoms with E-state index < -0.39 is 10.0 Å². The molecule has 1 aliphatic rings. The molecule has 100 valence electrons. The lowest BCUT2D eigenvalue weighted by molar-refractivity contribution is 0.272. The quantitative estimate of drug-likeness (QED) is 0.804. The van der Waals surface area contributed by atoms with Crippen molar-refractivity contribution >= 4 is 10.0 Å². The zero-order chi connectivity index (χ0) is 13.2. The Bertz CT molecular complexity index is 516. The van der Waals surface area contributed by atoms with E-state index in [0.29, 0.717) is 31.1 Å². The molecule has 1 atom stereocenters. The Hall–Kier alpha value is -0.950. The van der Waals surface area contributed by atoms with E-state index in [1.54, 1.807) is 12.1 Å². The van der Waals surface area contributed by atoms with Crippen molar-refractivity contribution in [3.63, 3.8) is 0 Å². The zero-order valence-electron chi connectivity index (χ0n) is 10.5. The van der Waals surface area contributed by atoms with Crippen LogP contribution in [0.1, 0.15) is 5.56 Å². The van der Waals surface area contributed by atoms with Crippen LogP contribution < -0.4 is 11.1 Å². The Balaban J connectivity index is 2.39. The standard InChI is InChI=1S/C12H19N3O2S/c1-10-4-2-3-5-12(10)18(16,17)15-7-6-14-9-11(15)8-13/h2-5,11,14H,6-9,13H2,1H3. The van der Waals surface area contributed by atoms with E-state index in [1.165, 1.54) is 4.31 Å². The van der Waals surface area contributed by atoms with Crippen LogP contribution in [0.4, 0.5) is 0 Å². The Kier molecular flexibility index (Phi) is 4.01. The molecule has 0 radical (unpaired) electrons. The van der Waals surface area contributed by atoms with Crippen molar-refractivity contribution in [2.75, 3.05) is 26.2 Å². The molecule has 0 aromatic heterocycles. The van der Waals surface area contributed by atoms with Gasteiger partial charge in [0, 0.05) is 32.2 Å². The number of aryl methyl sites for hydroxylation is 1. The minimum Gasteiger partial charge on any atom is -0.329 e. The smallest absolute Gasteiger partial charge is 0.243 e. The summed E-state index contributed by atoms with van der Waals surface area (Å²) < 4.78 is 26.8. The monoisotopic (exact) mass is 269 g/mol. The summed E-state index contributed by atoms with van der Waals surface area (Å²) in [5.74, 6) is 0. The molecule has 1 fully saturated rings. The number of benzene rings is 1. The van der Waals surface area contributed by atoms with Gasteiger partial charge in [-0.1, -0.05) is 18.2 Å². The molecule has 2 rings (SSSR count). The molecule has 1 aliphatic heterocycles. The van der Waals surface area contributed by atoms with Gasteiger partial charge in [-0.25, -0.2) is 8.42 Å². The molecular weight excluding hydrogens is 250 g/mol. The highest BCUT2D eigenvalue weighted by Crippen LogP contribution is 2.21. The fourth-order valence-corrected chi connectivity index (χ4v) is 4.09. The number of rotatable bonds is 3. The van der Waals surface area contributed by atoms with Gasteiger partial charge in [-0.05, 0) is 18.6 Å². The number of hydrogen-bond acceptors (Lipinski definition) is 4. The largest absolute Gasteiger partial charge is 0.329 e. The van der Waals surface area contributed by atoms with Gasteiger partial charge in [0.2, 0.25) is 10.0 Å². The fraction of sp³-hybridized carbons (Fsp3) is 0.500. The summed E-state index contributed by atoms with van der Waals surface area (Å²) in [6.45, 7) is 3.90. The topological polar surface area (TPSA) is 75.4 Å². The summed E-state index contributed by atoms with van der Waals surface area (Å²) in [5, 5.41) is 3.17. The molecule has 0 spiro atoms. The summed E-state index contributed by atoms with van der Waals surface area (Å²) in [5.41, 5.74) is 6.43. The highest BCUT2D eigenvalue weighted by Gasteiger charge is 2.33. The second kappa shape index (κ2) is 5.36. The molecule has 0 aliphatic carbocycles. The van der Waals surface area contributed by atoms with Gasteiger partial charge in [0.1, 0.15) is 0 Å². The predicted octanol–water partition coefficient (Wildman–Crippen LogP) is -0.0838. The first-order chi connectivity index (χ1) is 8.57. The van der Waals surface area contributed by atoms with Crippen LogP contribution in [0, 0.1) is 6.92 Å². The van der Waals surface area contributed by atoms with Crippen molar-refractivity contribution in [3.8, 4) is 0 Å². The highest BCUT2D eigenvalue weighted by molar-refractivity contribution is 7.89. The van der Waals surface area contributed by atoms with Gasteiger partial charge in [0.15, 0.2) is 0 Å². The Labute approximate surface area is 108 Å². The lowest BCUT2D eigenvalue weighted by atomic mass is 10.2. The number of nitrogens with two attached hydrogens (primary N) is 1. The number of nitrogens with zero attached hydrogens (tertiary/aromatic N) is 1. The average Bonchev–Trinajstić information content (AvgIpc) is 2.39. The molecule has 5 nitrogen and oxygen atoms in total. The number of piperazine rings is 1. The van der Waals surface area contributed by atoms with Gasteiger partial charge in [0.25, 0.3) is 0 Å². The van der Waals surface area contributed by atoms with Crippen LogP contribution in [0.5, 0.6) is 0 Å². The van der Waals surface area contributed by atoms with E-state index >= 15 is 0 Å². The van der Waals surface area contributed by atoms with Gasteiger partial charge in [0.05, 0.1) is 4.90 Å². The van der Waals surface area contributed by atoms with Gasteiger partial charge >= 0.3 is 0 Å². The third-order valence-corrected chi connectivity index (χ3v) is 5.36. The summed E-state index contributed by atoms with van der Waals surface area (Å²) in [7, 11) is -3.44. The highest BCUT2D eigenvalue weighted by atomic mass is 32.2. The van der Waals surface area contributed by atoms with Crippen molar-refractivity contribution in [2.24, 2.45) is 5.73 Å². The first-order valence-electron chi connectivity index (χ1n) is 6.05. The maximum Gasteiger partial charge on any atom is 0.243 e. The summed E-state index contributed by atoms with van der Waals surface area (Å²) in [4.78, 5) is 0.380. The normalized spacial score (nSPS) is 22.0. The van der Waals surface area contributed by atoms with E-state index in [0.717, 1.165) is 5.56 Å². The molecule has 6 heteroatoms. The van der Waals surface area contributed by atoms with Crippen molar-refractivity contribution in [2.45, 2.75) is 17.9 Å². The maximum absolute atomic E-state index is 12.6. The van der Waals surface area contributed by atoms with Crippen molar-refractivity contribution in [3.05, 3.63) is 29.8 Å². The van der Waals surface area contributed by atoms with E-state index in [2.05, 4.69) is 5.32 Å². The van der Waals surface area contributed by atoms with E-state index in [9.17, 15) is 8.42 Å². The molecule has 1 unspecified atom stereocenters. The third-order valence-electron chi connectivity index (χ3n) is 3.25. The van der Waals surface area contributed by atoms with Crippen LogP contribution in [0.15, 0.2) is 29.2 Å². The molecule has 1 heterocycles. The Morgan fingerprint density at radius 1 is 1.44 bits per heavy atom. The summed E-state index contributed by atoms with van der Waals surface area (Å²) >= 11 is 0. The second-order valence-corrected chi connectivity index (χ2v) is 6.33. The molecule has 1 saturated heterocycles. The van der Waals surface area contributed by atoms with E-state index in [4.69, 9.17) is 5.73 Å². The fourth-order valence-electron chi connectivity index (χ4n) is 2.23. The lowest BCUT2D eigenvalue weighted by Crippen LogP contribution is -2.56. The van der Waals surface area contributed by atoms with Crippen molar-refractivity contribution < 1.29 is 8.42 Å². The summed E-state index contributed by atoms with van der Waals surface area (Å²) in [6.07, 6.45) is 0. The van der Waals surface area contributed by atoms with Gasteiger partial charge < -0.3 is 11.1 Å². The lowest BCUT2D eigenvalue weighted by Gasteiger charge is -2.34. The maximum atomic E-state index is 12.6. The molecule has 1 aromatic rings. The Morgan fingerprint density at radius 3 is 2.83 bits per heavy atom. The van der Waals surface area contributed by atoms with Crippen LogP contribution in [-0.2, 0) is 10.0 Å². The zero-order valence-corrected chi connectivity index (χ0v) is 11.3. The molecule has 0 saturated carbocycles. The minimum atomic E-state index is -3.44. The first-order valence-corrected chi connectivity index (χ1v) is 7.49. The van der Waals surface area contributed by atoms with Crippen LogP contribution in [0.25, 0.3) is 0 Å². The first kappa shape index (κ1) is 13.5. The number of nitrogens with one attached hydrogen (secondary N) is 1. The van der Waals surface area contributed by atoms with E-state index in [1.807, 2.05) is 19.1 Å². The van der Waals surface area contributed by atoms with Crippen LogP contribution in [0.2, 0.25) is 0 Å². The van der Waals surface area contributed by atoms with Gasteiger partial charge in [-0.3, -0.25) is 0 Å². The molecule has 18 heavy (non-hydrogen) atoms. The van der Waals surface area contributed by atoms with Gasteiger partial charge in [-0.15, -0.1) is 0 Å². The number of hydrogen-bond donors (Lipinski definition) is 2. The van der Waals surface area contributed by atoms with Crippen molar-refractivity contribution in [1.82, 2.24) is 9.62 Å². The molecule has 3 N–H and O–H groups in total. The number of sulfonamides is 1. The summed E-state index contributed by atoms with van der Waals surface area (Å²) in [6, 6.07) is 6.89. The molecular formula is C12H19N3O2S. The SMILES string of the molecule is Cc1ccccc1S(=O)(=O)N1CCNCC1CN. The minimum absolute atomic E-state index is 0.164. The predicted molar refractivity (Wildman–Crippen MR) is 70.8 cm³/mol. The van der Waals surface area contributed by atoms with Crippen LogP contribution in [0.3, 0.4) is 0 Å².